The van der Waals surface area contributed by atoms with E-state index in [0.717, 1.165) is 6.07 Å². The molecule has 1 aliphatic rings. The summed E-state index contributed by atoms with van der Waals surface area (Å²) in [5.74, 6) is -2.01. The molecule has 0 aliphatic carbocycles. The van der Waals surface area contributed by atoms with Gasteiger partial charge in [-0.1, -0.05) is 11.6 Å². The zero-order valence-electron chi connectivity index (χ0n) is 13.2. The highest BCUT2D eigenvalue weighted by Crippen LogP contribution is 2.39. The van der Waals surface area contributed by atoms with Crippen molar-refractivity contribution in [1.82, 2.24) is 4.57 Å². The molecular formula is C16H17ClFN3O3. The molecule has 1 aliphatic heterocycles. The van der Waals surface area contributed by atoms with Crippen molar-refractivity contribution in [3.8, 4) is 0 Å². The quantitative estimate of drug-likeness (QED) is 0.881. The van der Waals surface area contributed by atoms with Crippen LogP contribution in [0.4, 0.5) is 10.1 Å². The Balaban J connectivity index is 2.35. The standard InChI is InChI=1S/C16H17ClFN3O3/c1-3-20-5-9(16(23)24)15(22)8-4-10(18)14(12(17)13(8)20)21-6-11(19)7(21)2/h4-5,7,11H,3,6,19H2,1-2H3,(H,23,24)/t7-,11+/m0/s1. The summed E-state index contributed by atoms with van der Waals surface area (Å²) in [6.45, 7) is 4.51. The highest BCUT2D eigenvalue weighted by Gasteiger charge is 2.36. The van der Waals surface area contributed by atoms with Crippen molar-refractivity contribution in [2.75, 3.05) is 11.4 Å². The van der Waals surface area contributed by atoms with Crippen molar-refractivity contribution in [2.45, 2.75) is 32.5 Å². The molecule has 2 aromatic rings. The fourth-order valence-corrected chi connectivity index (χ4v) is 3.48. The lowest BCUT2D eigenvalue weighted by Crippen LogP contribution is -2.63. The number of pyridine rings is 1. The van der Waals surface area contributed by atoms with Crippen LogP contribution in [0.5, 0.6) is 0 Å². The number of carboxylic acids is 1. The topological polar surface area (TPSA) is 88.6 Å². The molecular weight excluding hydrogens is 337 g/mol. The van der Waals surface area contributed by atoms with Gasteiger partial charge in [-0.3, -0.25) is 4.79 Å². The fraction of sp³-hybridized carbons (Fsp3) is 0.375. The Kier molecular flexibility index (Phi) is 4.01. The molecule has 0 unspecified atom stereocenters. The molecule has 0 spiro atoms. The zero-order valence-corrected chi connectivity index (χ0v) is 14.0. The van der Waals surface area contributed by atoms with Crippen LogP contribution in [0.25, 0.3) is 10.9 Å². The lowest BCUT2D eigenvalue weighted by Gasteiger charge is -2.46. The Labute approximate surface area is 142 Å². The first-order valence-corrected chi connectivity index (χ1v) is 7.96. The van der Waals surface area contributed by atoms with E-state index in [0.29, 0.717) is 18.6 Å². The van der Waals surface area contributed by atoms with Crippen LogP contribution in [0.2, 0.25) is 5.02 Å². The summed E-state index contributed by atoms with van der Waals surface area (Å²) in [6.07, 6.45) is 1.24. The number of halogens is 2. The number of benzene rings is 1. The van der Waals surface area contributed by atoms with Crippen LogP contribution >= 0.6 is 11.6 Å². The van der Waals surface area contributed by atoms with E-state index in [9.17, 15) is 19.1 Å². The largest absolute Gasteiger partial charge is 0.477 e. The minimum absolute atomic E-state index is 0.0412. The predicted octanol–water partition coefficient (Wildman–Crippen LogP) is 2.05. The van der Waals surface area contributed by atoms with Crippen molar-refractivity contribution in [3.05, 3.63) is 38.9 Å². The van der Waals surface area contributed by atoms with E-state index in [1.54, 1.807) is 16.4 Å². The summed E-state index contributed by atoms with van der Waals surface area (Å²) in [4.78, 5) is 25.4. The van der Waals surface area contributed by atoms with Crippen molar-refractivity contribution < 1.29 is 14.3 Å². The maximum Gasteiger partial charge on any atom is 0.341 e. The van der Waals surface area contributed by atoms with Crippen LogP contribution < -0.4 is 16.1 Å². The number of nitrogens with two attached hydrogens (primary N) is 1. The van der Waals surface area contributed by atoms with Crippen LogP contribution in [-0.2, 0) is 6.54 Å². The van der Waals surface area contributed by atoms with E-state index in [4.69, 9.17) is 17.3 Å². The fourth-order valence-electron chi connectivity index (χ4n) is 3.08. The van der Waals surface area contributed by atoms with Crippen LogP contribution in [0.3, 0.4) is 0 Å². The molecule has 2 heterocycles. The van der Waals surface area contributed by atoms with Gasteiger partial charge < -0.3 is 20.3 Å². The Morgan fingerprint density at radius 3 is 2.71 bits per heavy atom. The molecule has 24 heavy (non-hydrogen) atoms. The van der Waals surface area contributed by atoms with Gasteiger partial charge in [-0.25, -0.2) is 9.18 Å². The van der Waals surface area contributed by atoms with E-state index >= 15 is 0 Å². The van der Waals surface area contributed by atoms with Crippen LogP contribution in [-0.4, -0.2) is 34.3 Å². The van der Waals surface area contributed by atoms with E-state index in [2.05, 4.69) is 0 Å². The van der Waals surface area contributed by atoms with Crippen molar-refractivity contribution in [1.29, 1.82) is 0 Å². The number of aromatic carboxylic acids is 1. The molecule has 3 N–H and O–H groups in total. The first-order valence-electron chi connectivity index (χ1n) is 7.58. The number of carboxylic acid groups (broad SMARTS) is 1. The first kappa shape index (κ1) is 16.7. The number of nitrogens with zero attached hydrogens (tertiary/aromatic N) is 2. The van der Waals surface area contributed by atoms with Crippen LogP contribution in [0.1, 0.15) is 24.2 Å². The van der Waals surface area contributed by atoms with E-state index in [1.807, 2.05) is 6.92 Å². The Bertz CT molecular complexity index is 912. The molecule has 1 saturated heterocycles. The molecule has 0 amide bonds. The van der Waals surface area contributed by atoms with Gasteiger partial charge in [0.1, 0.15) is 11.4 Å². The van der Waals surface area contributed by atoms with Crippen molar-refractivity contribution in [3.63, 3.8) is 0 Å². The Morgan fingerprint density at radius 2 is 2.21 bits per heavy atom. The van der Waals surface area contributed by atoms with Gasteiger partial charge in [-0.15, -0.1) is 0 Å². The summed E-state index contributed by atoms with van der Waals surface area (Å²) in [5.41, 5.74) is 5.24. The molecule has 0 radical (unpaired) electrons. The third kappa shape index (κ3) is 2.27. The molecule has 1 fully saturated rings. The van der Waals surface area contributed by atoms with Crippen LogP contribution in [0.15, 0.2) is 17.1 Å². The second-order valence-electron chi connectivity index (χ2n) is 5.94. The van der Waals surface area contributed by atoms with Crippen molar-refractivity contribution in [2.24, 2.45) is 5.73 Å². The molecule has 8 heteroatoms. The lowest BCUT2D eigenvalue weighted by molar-refractivity contribution is 0.0695. The second-order valence-corrected chi connectivity index (χ2v) is 6.31. The highest BCUT2D eigenvalue weighted by atomic mass is 35.5. The number of fused-ring (bicyclic) bond motifs is 1. The number of aryl methyl sites for hydroxylation is 1. The van der Waals surface area contributed by atoms with Gasteiger partial charge in [0.2, 0.25) is 5.43 Å². The van der Waals surface area contributed by atoms with E-state index in [1.165, 1.54) is 6.20 Å². The molecule has 0 saturated carbocycles. The average molecular weight is 354 g/mol. The normalized spacial score (nSPS) is 20.3. The summed E-state index contributed by atoms with van der Waals surface area (Å²) in [5, 5.41) is 9.23. The lowest BCUT2D eigenvalue weighted by atomic mass is 9.97. The Morgan fingerprint density at radius 1 is 1.54 bits per heavy atom. The molecule has 1 aromatic carbocycles. The summed E-state index contributed by atoms with van der Waals surface area (Å²) >= 11 is 6.43. The zero-order chi connectivity index (χ0) is 17.8. The minimum atomic E-state index is -1.35. The molecule has 3 rings (SSSR count). The number of rotatable bonds is 3. The van der Waals surface area contributed by atoms with E-state index < -0.39 is 22.8 Å². The van der Waals surface area contributed by atoms with Gasteiger partial charge in [0.25, 0.3) is 0 Å². The third-order valence-corrected chi connectivity index (χ3v) is 4.96. The first-order chi connectivity index (χ1) is 11.3. The Hall–Kier alpha value is -2.12. The number of anilines is 1. The number of hydrogen-bond donors (Lipinski definition) is 2. The molecule has 1 aromatic heterocycles. The molecule has 2 atom stereocenters. The predicted molar refractivity (Wildman–Crippen MR) is 90.6 cm³/mol. The van der Waals surface area contributed by atoms with Gasteiger partial charge in [-0.05, 0) is 19.9 Å². The van der Waals surface area contributed by atoms with Gasteiger partial charge in [-0.2, -0.15) is 0 Å². The van der Waals surface area contributed by atoms with Gasteiger partial charge in [0.05, 0.1) is 21.6 Å². The molecule has 0 bridgehead atoms. The minimum Gasteiger partial charge on any atom is -0.477 e. The number of carbonyl (C=O) groups is 1. The molecule has 6 nitrogen and oxygen atoms in total. The summed E-state index contributed by atoms with van der Waals surface area (Å²) in [7, 11) is 0. The van der Waals surface area contributed by atoms with Gasteiger partial charge in [0, 0.05) is 31.4 Å². The maximum absolute atomic E-state index is 14.6. The summed E-state index contributed by atoms with van der Waals surface area (Å²) in [6, 6.07) is 0.919. The smallest absolute Gasteiger partial charge is 0.341 e. The number of hydrogen-bond acceptors (Lipinski definition) is 4. The monoisotopic (exact) mass is 353 g/mol. The maximum atomic E-state index is 14.6. The van der Waals surface area contributed by atoms with Crippen molar-refractivity contribution >= 4 is 34.2 Å². The third-order valence-electron chi connectivity index (χ3n) is 4.61. The SMILES string of the molecule is CCn1cc(C(=O)O)c(=O)c2cc(F)c(N3C[C@@H](N)[C@@H]3C)c(Cl)c21. The molecule has 128 valence electrons. The van der Waals surface area contributed by atoms with Crippen LogP contribution in [0, 0.1) is 5.82 Å². The average Bonchev–Trinajstić information content (AvgIpc) is 2.54. The van der Waals surface area contributed by atoms with Gasteiger partial charge in [0.15, 0.2) is 0 Å². The second kappa shape index (κ2) is 5.75. The van der Waals surface area contributed by atoms with Gasteiger partial charge >= 0.3 is 5.97 Å². The highest BCUT2D eigenvalue weighted by molar-refractivity contribution is 6.38. The van der Waals surface area contributed by atoms with E-state index in [-0.39, 0.29) is 28.2 Å². The number of aromatic nitrogens is 1. The summed E-state index contributed by atoms with van der Waals surface area (Å²) < 4.78 is 16.2.